The number of carbonyl (C=O) groups is 2. The minimum absolute atomic E-state index is 0.0644. The van der Waals surface area contributed by atoms with Crippen molar-refractivity contribution in [3.05, 3.63) is 68.6 Å². The molecule has 6 rings (SSSR count). The molecule has 4 saturated carbocycles. The quantitative estimate of drug-likeness (QED) is 0.351. The van der Waals surface area contributed by atoms with E-state index in [1.807, 2.05) is 48.5 Å². The van der Waals surface area contributed by atoms with Crippen LogP contribution in [0.5, 0.6) is 0 Å². The Morgan fingerprint density at radius 2 is 1.12 bits per heavy atom. The van der Waals surface area contributed by atoms with Crippen LogP contribution in [0.1, 0.15) is 49.7 Å². The van der Waals surface area contributed by atoms with Crippen LogP contribution in [0.15, 0.2) is 67.7 Å². The molecule has 0 spiro atoms. The predicted octanol–water partition coefficient (Wildman–Crippen LogP) is 5.40. The lowest BCUT2D eigenvalue weighted by Gasteiger charge is -2.60. The van der Waals surface area contributed by atoms with E-state index in [2.05, 4.69) is 52.9 Å². The molecule has 8 heteroatoms. The van der Waals surface area contributed by atoms with Gasteiger partial charge in [-0.05, 0) is 85.8 Å². The molecule has 6 nitrogen and oxygen atoms in total. The molecule has 2 amide bonds. The number of nitrogens with one attached hydrogen (secondary N) is 2. The zero-order valence-electron chi connectivity index (χ0n) is 18.6. The lowest BCUT2D eigenvalue weighted by atomic mass is 9.43. The Hall–Kier alpha value is -2.32. The molecule has 2 aromatic carbocycles. The van der Waals surface area contributed by atoms with Crippen LogP contribution in [0.4, 0.5) is 0 Å². The van der Waals surface area contributed by atoms with E-state index in [0.29, 0.717) is 18.3 Å². The zero-order chi connectivity index (χ0) is 23.8. The van der Waals surface area contributed by atoms with E-state index in [1.165, 1.54) is 0 Å². The highest BCUT2D eigenvalue weighted by Crippen LogP contribution is 2.65. The molecule has 2 aromatic rings. The molecule has 0 radical (unpaired) electrons. The summed E-state index contributed by atoms with van der Waals surface area (Å²) in [4.78, 5) is 26.7. The van der Waals surface area contributed by atoms with E-state index >= 15 is 0 Å². The molecule has 4 bridgehead atoms. The Balaban J connectivity index is 1.27. The van der Waals surface area contributed by atoms with Crippen molar-refractivity contribution in [2.24, 2.45) is 32.9 Å². The van der Waals surface area contributed by atoms with Crippen molar-refractivity contribution < 1.29 is 9.59 Å². The molecule has 2 N–H and O–H groups in total. The maximum Gasteiger partial charge on any atom is 0.246 e. The van der Waals surface area contributed by atoms with Crippen molar-refractivity contribution in [1.82, 2.24) is 10.9 Å². The van der Waals surface area contributed by atoms with Gasteiger partial charge in [-0.1, -0.05) is 56.1 Å². The van der Waals surface area contributed by atoms with Gasteiger partial charge < -0.3 is 0 Å². The van der Waals surface area contributed by atoms with Crippen LogP contribution in [0.25, 0.3) is 0 Å². The molecular weight excluding hydrogens is 560 g/mol. The second-order valence-electron chi connectivity index (χ2n) is 10.0. The number of rotatable bonds is 6. The molecule has 0 aliphatic heterocycles. The summed E-state index contributed by atoms with van der Waals surface area (Å²) in [5, 5.41) is 8.44. The lowest BCUT2D eigenvalue weighted by Crippen LogP contribution is -2.60. The molecule has 0 atom stereocenters. The van der Waals surface area contributed by atoms with E-state index < -0.39 is 10.8 Å². The third kappa shape index (κ3) is 4.75. The standard InChI is InChI=1S/C26H26Br2N4O2/c27-21-5-1-17(2-6-21)14-29-31-23(33)25-10-19-9-20(11-25)13-26(12-19,16-25)24(34)32-30-15-18-3-7-22(28)8-4-18/h1-8,14-15,19-20H,9-13,16H2,(H,31,33)(H,32,34)/b29-14+,30-15+. The minimum Gasteiger partial charge on any atom is -0.273 e. The number of nitrogens with zero attached hydrogens (tertiary/aromatic N) is 2. The second kappa shape index (κ2) is 9.38. The highest BCUT2D eigenvalue weighted by molar-refractivity contribution is 9.10. The van der Waals surface area contributed by atoms with Crippen LogP contribution in [-0.4, -0.2) is 24.2 Å². The van der Waals surface area contributed by atoms with Crippen LogP contribution < -0.4 is 10.9 Å². The van der Waals surface area contributed by atoms with Crippen LogP contribution in [-0.2, 0) is 9.59 Å². The Kier molecular flexibility index (Phi) is 6.46. The van der Waals surface area contributed by atoms with Crippen LogP contribution in [0.3, 0.4) is 0 Å². The first-order valence-electron chi connectivity index (χ1n) is 11.5. The highest BCUT2D eigenvalue weighted by atomic mass is 79.9. The van der Waals surface area contributed by atoms with E-state index in [9.17, 15) is 9.59 Å². The van der Waals surface area contributed by atoms with Crippen molar-refractivity contribution in [3.8, 4) is 0 Å². The SMILES string of the molecule is O=C(N/N=C/c1ccc(Br)cc1)C12CC3CC(C1)CC(C(=O)N/N=C/c1ccc(Br)cc1)(C3)C2. The summed E-state index contributed by atoms with van der Waals surface area (Å²) < 4.78 is 1.99. The predicted molar refractivity (Wildman–Crippen MR) is 139 cm³/mol. The van der Waals surface area contributed by atoms with Gasteiger partial charge >= 0.3 is 0 Å². The van der Waals surface area contributed by atoms with Gasteiger partial charge in [-0.3, -0.25) is 9.59 Å². The van der Waals surface area contributed by atoms with Crippen molar-refractivity contribution in [1.29, 1.82) is 0 Å². The van der Waals surface area contributed by atoms with Gasteiger partial charge in [-0.2, -0.15) is 10.2 Å². The second-order valence-corrected chi connectivity index (χ2v) is 11.9. The van der Waals surface area contributed by atoms with Gasteiger partial charge in [-0.25, -0.2) is 10.9 Å². The molecule has 4 aliphatic rings. The molecule has 34 heavy (non-hydrogen) atoms. The molecule has 4 aliphatic carbocycles. The Bertz CT molecular complexity index is 1040. The number of benzene rings is 2. The minimum atomic E-state index is -0.534. The van der Waals surface area contributed by atoms with Gasteiger partial charge in [0.1, 0.15) is 0 Å². The number of amides is 2. The zero-order valence-corrected chi connectivity index (χ0v) is 21.8. The summed E-state index contributed by atoms with van der Waals surface area (Å²) in [5.74, 6) is 0.656. The number of halogens is 2. The van der Waals surface area contributed by atoms with E-state index in [1.54, 1.807) is 12.4 Å². The summed E-state index contributed by atoms with van der Waals surface area (Å²) in [6.45, 7) is 0. The van der Waals surface area contributed by atoms with Crippen molar-refractivity contribution in [2.75, 3.05) is 0 Å². The molecule has 0 unspecified atom stereocenters. The third-order valence-electron chi connectivity index (χ3n) is 7.52. The fourth-order valence-corrected chi connectivity index (χ4v) is 6.99. The van der Waals surface area contributed by atoms with Gasteiger partial charge in [0.25, 0.3) is 0 Å². The van der Waals surface area contributed by atoms with Gasteiger partial charge in [0.15, 0.2) is 0 Å². The molecule has 0 heterocycles. The van der Waals surface area contributed by atoms with Gasteiger partial charge in [0.05, 0.1) is 23.3 Å². The van der Waals surface area contributed by atoms with E-state index in [0.717, 1.165) is 52.2 Å². The molecule has 4 fully saturated rings. The van der Waals surface area contributed by atoms with Crippen LogP contribution in [0.2, 0.25) is 0 Å². The van der Waals surface area contributed by atoms with Gasteiger partial charge in [0.2, 0.25) is 11.8 Å². The fraction of sp³-hybridized carbons (Fsp3) is 0.385. The fourth-order valence-electron chi connectivity index (χ4n) is 6.46. The average molecular weight is 586 g/mol. The van der Waals surface area contributed by atoms with Crippen LogP contribution >= 0.6 is 31.9 Å². The van der Waals surface area contributed by atoms with Crippen molar-refractivity contribution >= 4 is 56.1 Å². The number of hydrogen-bond donors (Lipinski definition) is 2. The first-order valence-corrected chi connectivity index (χ1v) is 13.1. The first kappa shape index (κ1) is 23.4. The number of hydrazone groups is 2. The maximum absolute atomic E-state index is 13.3. The summed E-state index contributed by atoms with van der Waals surface area (Å²) in [5.41, 5.74) is 6.32. The van der Waals surface area contributed by atoms with Gasteiger partial charge in [-0.15, -0.1) is 0 Å². The summed E-state index contributed by atoms with van der Waals surface area (Å²) >= 11 is 6.83. The number of hydrogen-bond acceptors (Lipinski definition) is 4. The lowest BCUT2D eigenvalue weighted by molar-refractivity contribution is -0.167. The average Bonchev–Trinajstić information content (AvgIpc) is 2.80. The van der Waals surface area contributed by atoms with Crippen LogP contribution in [0, 0.1) is 22.7 Å². The van der Waals surface area contributed by atoms with Crippen molar-refractivity contribution in [3.63, 3.8) is 0 Å². The summed E-state index contributed by atoms with van der Waals surface area (Å²) in [6.07, 6.45) is 8.32. The normalized spacial score (nSPS) is 29.6. The Labute approximate surface area is 215 Å². The summed E-state index contributed by atoms with van der Waals surface area (Å²) in [6, 6.07) is 15.5. The molecule has 0 saturated heterocycles. The molecular formula is C26H26Br2N4O2. The molecule has 0 aromatic heterocycles. The topological polar surface area (TPSA) is 82.9 Å². The van der Waals surface area contributed by atoms with E-state index in [-0.39, 0.29) is 11.8 Å². The maximum atomic E-state index is 13.3. The smallest absolute Gasteiger partial charge is 0.246 e. The summed E-state index contributed by atoms with van der Waals surface area (Å²) in [7, 11) is 0. The van der Waals surface area contributed by atoms with Gasteiger partial charge in [0, 0.05) is 8.95 Å². The third-order valence-corrected chi connectivity index (χ3v) is 8.58. The Morgan fingerprint density at radius 1 is 0.735 bits per heavy atom. The first-order chi connectivity index (χ1) is 16.4. The van der Waals surface area contributed by atoms with Crippen molar-refractivity contribution in [2.45, 2.75) is 38.5 Å². The number of carbonyl (C=O) groups excluding carboxylic acids is 2. The largest absolute Gasteiger partial charge is 0.273 e. The Morgan fingerprint density at radius 3 is 1.50 bits per heavy atom. The molecule has 176 valence electrons. The van der Waals surface area contributed by atoms with E-state index in [4.69, 9.17) is 0 Å². The monoisotopic (exact) mass is 584 g/mol. The highest BCUT2D eigenvalue weighted by Gasteiger charge is 2.63.